The van der Waals surface area contributed by atoms with E-state index in [4.69, 9.17) is 5.53 Å². The molecule has 0 heterocycles. The van der Waals surface area contributed by atoms with Gasteiger partial charge in [0, 0.05) is 16.2 Å². The van der Waals surface area contributed by atoms with Crippen molar-refractivity contribution in [2.45, 2.75) is 0 Å². The number of allylic oxidation sites excluding steroid dienone is 1. The van der Waals surface area contributed by atoms with E-state index in [-0.39, 0.29) is 5.56 Å². The van der Waals surface area contributed by atoms with Crippen LogP contribution in [0.4, 0.5) is 5.69 Å². The van der Waals surface area contributed by atoms with E-state index in [0.29, 0.717) is 16.8 Å². The van der Waals surface area contributed by atoms with Gasteiger partial charge in [0.1, 0.15) is 4.91 Å². The molecule has 0 amide bonds. The summed E-state index contributed by atoms with van der Waals surface area (Å²) in [6.07, 6.45) is 2.47. The van der Waals surface area contributed by atoms with Crippen molar-refractivity contribution in [3.05, 3.63) is 87.1 Å². The maximum atomic E-state index is 12.5. The minimum Gasteiger partial charge on any atom is -0.288 e. The molecule has 8 heteroatoms. The van der Waals surface area contributed by atoms with E-state index in [2.05, 4.69) is 16.6 Å². The van der Waals surface area contributed by atoms with E-state index >= 15 is 0 Å². The summed E-state index contributed by atoms with van der Waals surface area (Å²) in [4.78, 5) is 14.4. The van der Waals surface area contributed by atoms with Gasteiger partial charge < -0.3 is 0 Å². The van der Waals surface area contributed by atoms with E-state index in [1.54, 1.807) is 18.2 Å². The number of hydrogen-bond acceptors (Lipinski definition) is 4. The number of carbonyl (C=O) groups is 1. The Balaban J connectivity index is 2.62. The van der Waals surface area contributed by atoms with Crippen LogP contribution in [0.2, 0.25) is 0 Å². The molecule has 0 fully saturated rings. The molecular weight excluding hydrogens is 342 g/mol. The number of Topliss-reactive ketones (excluding diaryl/α,β-unsaturated/α-hetero) is 1. The van der Waals surface area contributed by atoms with E-state index in [0.717, 1.165) is 6.08 Å². The molecule has 1 N–H and O–H groups in total. The van der Waals surface area contributed by atoms with Gasteiger partial charge in [-0.05, 0) is 28.8 Å². The van der Waals surface area contributed by atoms with Gasteiger partial charge in [-0.15, -0.1) is 0 Å². The standard InChI is InChI=1S/C17H13N3O4S/c1-2-12-10-15(19-20-18)9-8-14(12)11-16(25(22,23)24)17(21)13-6-4-3-5-7-13/h2-11H,1H2,(H,22,23,24)/b16-11+. The Morgan fingerprint density at radius 2 is 1.84 bits per heavy atom. The van der Waals surface area contributed by atoms with Crippen LogP contribution in [0.3, 0.4) is 0 Å². The molecule has 0 aliphatic carbocycles. The number of benzene rings is 2. The zero-order chi connectivity index (χ0) is 18.4. The first kappa shape index (κ1) is 18.2. The lowest BCUT2D eigenvalue weighted by molar-refractivity contribution is 0.104. The molecule has 0 spiro atoms. The predicted molar refractivity (Wildman–Crippen MR) is 95.6 cm³/mol. The topological polar surface area (TPSA) is 120 Å². The van der Waals surface area contributed by atoms with Crippen molar-refractivity contribution in [2.24, 2.45) is 5.11 Å². The van der Waals surface area contributed by atoms with Crippen molar-refractivity contribution in [2.75, 3.05) is 0 Å². The lowest BCUT2D eigenvalue weighted by Gasteiger charge is -2.07. The third-order valence-corrected chi connectivity index (χ3v) is 4.13. The molecule has 0 aliphatic rings. The molecule has 0 bridgehead atoms. The Bertz CT molecular complexity index is 1010. The Hall–Kier alpha value is -3.19. The fourth-order valence-corrected chi connectivity index (χ4v) is 2.74. The molecule has 0 saturated heterocycles. The summed E-state index contributed by atoms with van der Waals surface area (Å²) in [5.41, 5.74) is 9.65. The smallest absolute Gasteiger partial charge is 0.288 e. The zero-order valence-electron chi connectivity index (χ0n) is 12.9. The molecular formula is C17H13N3O4S. The summed E-state index contributed by atoms with van der Waals surface area (Å²) in [6.45, 7) is 3.60. The zero-order valence-corrected chi connectivity index (χ0v) is 13.7. The van der Waals surface area contributed by atoms with E-state index < -0.39 is 20.8 Å². The van der Waals surface area contributed by atoms with Crippen LogP contribution in [0.5, 0.6) is 0 Å². The number of nitrogens with zero attached hydrogens (tertiary/aromatic N) is 3. The summed E-state index contributed by atoms with van der Waals surface area (Å²) in [7, 11) is -4.76. The van der Waals surface area contributed by atoms with Gasteiger partial charge in [0.25, 0.3) is 10.1 Å². The average molecular weight is 355 g/mol. The highest BCUT2D eigenvalue weighted by Gasteiger charge is 2.24. The Morgan fingerprint density at radius 3 is 2.40 bits per heavy atom. The maximum absolute atomic E-state index is 12.5. The summed E-state index contributed by atoms with van der Waals surface area (Å²) in [5.74, 6) is -0.836. The second-order valence-corrected chi connectivity index (χ2v) is 6.28. The highest BCUT2D eigenvalue weighted by atomic mass is 32.2. The molecule has 0 saturated carbocycles. The molecule has 0 aromatic heterocycles. The van der Waals surface area contributed by atoms with E-state index in [1.165, 1.54) is 36.4 Å². The Labute approximate surface area is 144 Å². The fraction of sp³-hybridized carbons (Fsp3) is 0. The van der Waals surface area contributed by atoms with Crippen LogP contribution in [0.1, 0.15) is 21.5 Å². The highest BCUT2D eigenvalue weighted by molar-refractivity contribution is 7.91. The van der Waals surface area contributed by atoms with Crippen molar-refractivity contribution in [3.63, 3.8) is 0 Å². The minimum absolute atomic E-state index is 0.122. The lowest BCUT2D eigenvalue weighted by Crippen LogP contribution is -2.13. The van der Waals surface area contributed by atoms with Crippen LogP contribution in [0, 0.1) is 0 Å². The van der Waals surface area contributed by atoms with Crippen molar-refractivity contribution >= 4 is 33.7 Å². The van der Waals surface area contributed by atoms with Crippen molar-refractivity contribution < 1.29 is 17.8 Å². The van der Waals surface area contributed by atoms with E-state index in [1.807, 2.05) is 0 Å². The van der Waals surface area contributed by atoms with Crippen LogP contribution in [-0.2, 0) is 10.1 Å². The van der Waals surface area contributed by atoms with Gasteiger partial charge in [0.2, 0.25) is 5.78 Å². The fourth-order valence-electron chi connectivity index (χ4n) is 2.11. The van der Waals surface area contributed by atoms with Crippen LogP contribution in [-0.4, -0.2) is 18.8 Å². The van der Waals surface area contributed by atoms with Crippen LogP contribution >= 0.6 is 0 Å². The SMILES string of the molecule is C=Cc1cc(N=[N+]=[N-])ccc1/C=C(\C(=O)c1ccccc1)S(=O)(=O)O. The van der Waals surface area contributed by atoms with Gasteiger partial charge >= 0.3 is 0 Å². The molecule has 0 radical (unpaired) electrons. The summed E-state index contributed by atoms with van der Waals surface area (Å²) >= 11 is 0. The van der Waals surface area contributed by atoms with Crippen LogP contribution in [0.25, 0.3) is 22.6 Å². The maximum Gasteiger partial charge on any atom is 0.298 e. The van der Waals surface area contributed by atoms with Gasteiger partial charge in [0.15, 0.2) is 0 Å². The molecule has 2 aromatic rings. The number of carbonyl (C=O) groups excluding carboxylic acids is 1. The summed E-state index contributed by atoms with van der Waals surface area (Å²) in [6, 6.07) is 12.1. The molecule has 0 unspecified atom stereocenters. The largest absolute Gasteiger partial charge is 0.298 e. The van der Waals surface area contributed by atoms with Crippen LogP contribution in [0.15, 0.2) is 65.1 Å². The van der Waals surface area contributed by atoms with Gasteiger partial charge in [-0.1, -0.05) is 60.2 Å². The second-order valence-electron chi connectivity index (χ2n) is 4.89. The quantitative estimate of drug-likeness (QED) is 0.206. The van der Waals surface area contributed by atoms with E-state index in [9.17, 15) is 17.8 Å². The van der Waals surface area contributed by atoms with Gasteiger partial charge in [-0.25, -0.2) is 0 Å². The molecule has 126 valence electrons. The third-order valence-electron chi connectivity index (χ3n) is 3.27. The highest BCUT2D eigenvalue weighted by Crippen LogP contribution is 2.24. The molecule has 0 aliphatic heterocycles. The predicted octanol–water partition coefficient (Wildman–Crippen LogP) is 4.38. The molecule has 0 atom stereocenters. The number of rotatable bonds is 6. The minimum atomic E-state index is -4.76. The Morgan fingerprint density at radius 1 is 1.16 bits per heavy atom. The molecule has 2 aromatic carbocycles. The van der Waals surface area contributed by atoms with Crippen molar-refractivity contribution in [1.82, 2.24) is 0 Å². The number of hydrogen-bond donors (Lipinski definition) is 1. The molecule has 2 rings (SSSR count). The van der Waals surface area contributed by atoms with Gasteiger partial charge in [-0.3, -0.25) is 9.35 Å². The van der Waals surface area contributed by atoms with Crippen molar-refractivity contribution in [3.8, 4) is 0 Å². The van der Waals surface area contributed by atoms with Crippen molar-refractivity contribution in [1.29, 1.82) is 0 Å². The molecule has 7 nitrogen and oxygen atoms in total. The third kappa shape index (κ3) is 4.42. The first-order valence-corrected chi connectivity index (χ1v) is 8.41. The van der Waals surface area contributed by atoms with Crippen LogP contribution < -0.4 is 0 Å². The lowest BCUT2D eigenvalue weighted by atomic mass is 10.0. The second kappa shape index (κ2) is 7.59. The number of azide groups is 1. The summed E-state index contributed by atoms with van der Waals surface area (Å²) < 4.78 is 32.9. The van der Waals surface area contributed by atoms with Gasteiger partial charge in [-0.2, -0.15) is 8.42 Å². The normalized spacial score (nSPS) is 11.5. The summed E-state index contributed by atoms with van der Waals surface area (Å²) in [5, 5.41) is 3.44. The molecule has 25 heavy (non-hydrogen) atoms. The monoisotopic (exact) mass is 355 g/mol. The average Bonchev–Trinajstić information content (AvgIpc) is 2.59. The number of ketones is 1. The first-order valence-electron chi connectivity index (χ1n) is 6.97. The van der Waals surface area contributed by atoms with Gasteiger partial charge in [0.05, 0.1) is 0 Å². The Kier molecular flexibility index (Phi) is 5.51. The first-order chi connectivity index (χ1) is 11.9.